The molecule has 0 atom stereocenters. The van der Waals surface area contributed by atoms with E-state index in [0.717, 1.165) is 28.8 Å². The highest BCUT2D eigenvalue weighted by Crippen LogP contribution is 2.23. The molecule has 0 spiro atoms. The van der Waals surface area contributed by atoms with Crippen molar-refractivity contribution in [3.63, 3.8) is 0 Å². The molecule has 2 N–H and O–H groups in total. The lowest BCUT2D eigenvalue weighted by Crippen LogP contribution is -2.16. The molecule has 2 aromatic carbocycles. The number of anilines is 2. The van der Waals surface area contributed by atoms with Crippen molar-refractivity contribution in [1.82, 2.24) is 4.98 Å². The molecule has 144 valence electrons. The zero-order valence-corrected chi connectivity index (χ0v) is 16.8. The van der Waals surface area contributed by atoms with Gasteiger partial charge in [0.15, 0.2) is 5.13 Å². The molecule has 1 heterocycles. The minimum absolute atomic E-state index is 0.114. The van der Waals surface area contributed by atoms with Crippen LogP contribution in [0.4, 0.5) is 10.8 Å². The van der Waals surface area contributed by atoms with E-state index in [1.165, 1.54) is 11.3 Å². The quantitative estimate of drug-likeness (QED) is 0.603. The normalized spacial score (nSPS) is 10.5. The summed E-state index contributed by atoms with van der Waals surface area (Å²) in [5.74, 6) is -0.387. The van der Waals surface area contributed by atoms with Gasteiger partial charge in [0.2, 0.25) is 5.91 Å². The molecule has 3 rings (SSSR count). The summed E-state index contributed by atoms with van der Waals surface area (Å²) in [4.78, 5) is 29.0. The number of thiazole rings is 1. The number of nitrogens with zero attached hydrogens (tertiary/aromatic N) is 1. The molecular weight excluding hydrogens is 370 g/mol. The Morgan fingerprint density at radius 2 is 1.82 bits per heavy atom. The van der Waals surface area contributed by atoms with Crippen molar-refractivity contribution in [2.75, 3.05) is 10.6 Å². The van der Waals surface area contributed by atoms with Crippen LogP contribution in [0.25, 0.3) is 0 Å². The third-order valence-electron chi connectivity index (χ3n) is 4.45. The number of amides is 2. The molecule has 0 saturated carbocycles. The second-order valence-electron chi connectivity index (χ2n) is 6.49. The van der Waals surface area contributed by atoms with Gasteiger partial charge in [-0.3, -0.25) is 9.59 Å². The van der Waals surface area contributed by atoms with E-state index in [4.69, 9.17) is 0 Å². The summed E-state index contributed by atoms with van der Waals surface area (Å²) >= 11 is 1.25. The van der Waals surface area contributed by atoms with E-state index >= 15 is 0 Å². The van der Waals surface area contributed by atoms with Crippen molar-refractivity contribution in [2.24, 2.45) is 0 Å². The number of aryl methyl sites for hydroxylation is 3. The van der Waals surface area contributed by atoms with Crippen LogP contribution in [0.3, 0.4) is 0 Å². The zero-order chi connectivity index (χ0) is 19.9. The number of hydrogen-bond acceptors (Lipinski definition) is 4. The number of para-hydroxylation sites is 1. The summed E-state index contributed by atoms with van der Waals surface area (Å²) in [5.41, 5.74) is 4.34. The van der Waals surface area contributed by atoms with Crippen molar-refractivity contribution in [1.29, 1.82) is 0 Å². The minimum atomic E-state index is -0.273. The van der Waals surface area contributed by atoms with E-state index < -0.39 is 0 Å². The van der Waals surface area contributed by atoms with Crippen molar-refractivity contribution in [3.05, 3.63) is 76.3 Å². The second-order valence-corrected chi connectivity index (χ2v) is 7.35. The van der Waals surface area contributed by atoms with Crippen LogP contribution in [0.5, 0.6) is 0 Å². The van der Waals surface area contributed by atoms with Gasteiger partial charge in [0, 0.05) is 17.5 Å². The molecule has 0 bridgehead atoms. The number of carbonyl (C=O) groups excluding carboxylic acids is 2. The van der Waals surface area contributed by atoms with Crippen LogP contribution in [-0.4, -0.2) is 16.8 Å². The van der Waals surface area contributed by atoms with Gasteiger partial charge in [-0.15, -0.1) is 11.3 Å². The molecule has 6 heteroatoms. The SMILES string of the molecule is CCc1cccc(C)c1NC(=O)c1csc(NC(=O)CCc2ccccc2)n1. The van der Waals surface area contributed by atoms with Gasteiger partial charge in [0.05, 0.1) is 0 Å². The Morgan fingerprint density at radius 3 is 2.57 bits per heavy atom. The van der Waals surface area contributed by atoms with E-state index in [9.17, 15) is 9.59 Å². The van der Waals surface area contributed by atoms with E-state index in [1.807, 2.05) is 55.5 Å². The van der Waals surface area contributed by atoms with E-state index in [0.29, 0.717) is 23.7 Å². The minimum Gasteiger partial charge on any atom is -0.320 e. The first kappa shape index (κ1) is 19.8. The lowest BCUT2D eigenvalue weighted by Gasteiger charge is -2.12. The summed E-state index contributed by atoms with van der Waals surface area (Å²) in [7, 11) is 0. The van der Waals surface area contributed by atoms with Crippen LogP contribution < -0.4 is 10.6 Å². The van der Waals surface area contributed by atoms with E-state index in [1.54, 1.807) is 5.38 Å². The maximum Gasteiger partial charge on any atom is 0.275 e. The van der Waals surface area contributed by atoms with Crippen LogP contribution in [0.15, 0.2) is 53.9 Å². The fraction of sp³-hybridized carbons (Fsp3) is 0.227. The fourth-order valence-electron chi connectivity index (χ4n) is 2.90. The first-order chi connectivity index (χ1) is 13.6. The van der Waals surface area contributed by atoms with Crippen LogP contribution in [0.1, 0.15) is 40.5 Å². The molecule has 3 aromatic rings. The van der Waals surface area contributed by atoms with E-state index in [-0.39, 0.29) is 11.8 Å². The van der Waals surface area contributed by atoms with Crippen LogP contribution in [-0.2, 0) is 17.6 Å². The number of nitrogens with one attached hydrogen (secondary N) is 2. The Bertz CT molecular complexity index is 967. The molecule has 5 nitrogen and oxygen atoms in total. The summed E-state index contributed by atoms with van der Waals surface area (Å²) in [5, 5.41) is 7.82. The molecule has 1 aromatic heterocycles. The lowest BCUT2D eigenvalue weighted by atomic mass is 10.1. The molecule has 0 saturated heterocycles. The second kappa shape index (κ2) is 9.28. The largest absolute Gasteiger partial charge is 0.320 e. The van der Waals surface area contributed by atoms with Gasteiger partial charge in [0.1, 0.15) is 5.69 Å². The predicted octanol–water partition coefficient (Wildman–Crippen LogP) is 4.84. The zero-order valence-electron chi connectivity index (χ0n) is 16.0. The molecule has 0 aliphatic rings. The average Bonchev–Trinajstić information content (AvgIpc) is 3.17. The van der Waals surface area contributed by atoms with Gasteiger partial charge in [-0.1, -0.05) is 55.5 Å². The molecule has 28 heavy (non-hydrogen) atoms. The van der Waals surface area contributed by atoms with Crippen LogP contribution >= 0.6 is 11.3 Å². The first-order valence-corrected chi connectivity index (χ1v) is 10.1. The summed E-state index contributed by atoms with van der Waals surface area (Å²) < 4.78 is 0. The highest BCUT2D eigenvalue weighted by molar-refractivity contribution is 7.14. The number of benzene rings is 2. The Balaban J connectivity index is 1.59. The smallest absolute Gasteiger partial charge is 0.275 e. The Hall–Kier alpha value is -2.99. The topological polar surface area (TPSA) is 71.1 Å². The van der Waals surface area contributed by atoms with Crippen LogP contribution in [0.2, 0.25) is 0 Å². The van der Waals surface area contributed by atoms with Crippen LogP contribution in [0, 0.1) is 6.92 Å². The average molecular weight is 394 g/mol. The monoisotopic (exact) mass is 393 g/mol. The third-order valence-corrected chi connectivity index (χ3v) is 5.20. The molecule has 0 aliphatic heterocycles. The third kappa shape index (κ3) is 5.04. The highest BCUT2D eigenvalue weighted by Gasteiger charge is 2.15. The van der Waals surface area contributed by atoms with Crippen molar-refractivity contribution >= 4 is 34.0 Å². The van der Waals surface area contributed by atoms with Gasteiger partial charge in [-0.05, 0) is 36.5 Å². The standard InChI is InChI=1S/C22H23N3O2S/c1-3-17-11-7-8-15(2)20(17)25-21(27)18-14-28-22(23-18)24-19(26)13-12-16-9-5-4-6-10-16/h4-11,14H,3,12-13H2,1-2H3,(H,25,27)(H,23,24,26). The Morgan fingerprint density at radius 1 is 1.04 bits per heavy atom. The first-order valence-electron chi connectivity index (χ1n) is 9.26. The maximum absolute atomic E-state index is 12.6. The molecule has 0 radical (unpaired) electrons. The van der Waals surface area contributed by atoms with E-state index in [2.05, 4.69) is 22.5 Å². The van der Waals surface area contributed by atoms with Gasteiger partial charge in [0.25, 0.3) is 5.91 Å². The molecule has 0 aliphatic carbocycles. The summed E-state index contributed by atoms with van der Waals surface area (Å²) in [6, 6.07) is 15.8. The predicted molar refractivity (Wildman–Crippen MR) is 114 cm³/mol. The van der Waals surface area contributed by atoms with Crippen molar-refractivity contribution in [2.45, 2.75) is 33.1 Å². The Kier molecular flexibility index (Phi) is 6.55. The summed E-state index contributed by atoms with van der Waals surface area (Å²) in [6.45, 7) is 4.02. The molecule has 2 amide bonds. The maximum atomic E-state index is 12.6. The molecule has 0 unspecified atom stereocenters. The van der Waals surface area contributed by atoms with Crippen molar-refractivity contribution < 1.29 is 9.59 Å². The number of aromatic nitrogens is 1. The van der Waals surface area contributed by atoms with Crippen molar-refractivity contribution in [3.8, 4) is 0 Å². The Labute approximate surface area is 168 Å². The van der Waals surface area contributed by atoms with Gasteiger partial charge < -0.3 is 10.6 Å². The molecular formula is C22H23N3O2S. The van der Waals surface area contributed by atoms with Gasteiger partial charge in [-0.2, -0.15) is 0 Å². The summed E-state index contributed by atoms with van der Waals surface area (Å²) in [6.07, 6.45) is 1.86. The number of hydrogen-bond donors (Lipinski definition) is 2. The highest BCUT2D eigenvalue weighted by atomic mass is 32.1. The van der Waals surface area contributed by atoms with Gasteiger partial charge in [-0.25, -0.2) is 4.98 Å². The van der Waals surface area contributed by atoms with Gasteiger partial charge >= 0.3 is 0 Å². The number of rotatable bonds is 7. The lowest BCUT2D eigenvalue weighted by molar-refractivity contribution is -0.116. The fourth-order valence-corrected chi connectivity index (χ4v) is 3.61. The number of carbonyl (C=O) groups is 2. The molecule has 0 fully saturated rings.